The van der Waals surface area contributed by atoms with Crippen LogP contribution in [0.3, 0.4) is 0 Å². The quantitative estimate of drug-likeness (QED) is 0.600. The molecule has 1 atom stereocenters. The van der Waals surface area contributed by atoms with Gasteiger partial charge < -0.3 is 0 Å². The fraction of sp³-hybridized carbons (Fsp3) is 0.200. The van der Waals surface area contributed by atoms with Crippen LogP contribution < -0.4 is 0 Å². The molecule has 0 heterocycles. The molecule has 0 amide bonds. The second-order valence-corrected chi connectivity index (χ2v) is 3.66. The van der Waals surface area contributed by atoms with Gasteiger partial charge in [0.15, 0.2) is 0 Å². The molecule has 0 saturated carbocycles. The van der Waals surface area contributed by atoms with Crippen LogP contribution in [0.25, 0.3) is 0 Å². The van der Waals surface area contributed by atoms with E-state index in [1.807, 2.05) is 6.92 Å². The predicted octanol–water partition coefficient (Wildman–Crippen LogP) is 3.26. The third-order valence-electron chi connectivity index (χ3n) is 1.77. The Kier molecular flexibility index (Phi) is 1.74. The predicted molar refractivity (Wildman–Crippen MR) is 51.2 cm³/mol. The summed E-state index contributed by atoms with van der Waals surface area (Å²) in [4.78, 5) is 1.37. The molecule has 0 fully saturated rings. The van der Waals surface area contributed by atoms with E-state index >= 15 is 0 Å². The summed E-state index contributed by atoms with van der Waals surface area (Å²) in [6.45, 7) is 2.04. The van der Waals surface area contributed by atoms with Gasteiger partial charge in [-0.1, -0.05) is 36.1 Å². The molecule has 0 nitrogen and oxygen atoms in total. The number of hydrogen-bond donors (Lipinski definition) is 0. The lowest BCUT2D eigenvalue weighted by molar-refractivity contribution is 1.19. The molecule has 11 heavy (non-hydrogen) atoms. The van der Waals surface area contributed by atoms with Gasteiger partial charge in [0.2, 0.25) is 0 Å². The minimum Gasteiger partial charge on any atom is -0.0987 e. The van der Waals surface area contributed by atoms with Gasteiger partial charge in [-0.25, -0.2) is 0 Å². The molecule has 0 bridgehead atoms. The SMILES string of the molecule is C/C=C/SC1=CC2C=C2C=C1. The number of rotatable bonds is 2. The first-order valence-electron chi connectivity index (χ1n) is 3.79. The fourth-order valence-corrected chi connectivity index (χ4v) is 1.77. The lowest BCUT2D eigenvalue weighted by Gasteiger charge is -2.01. The van der Waals surface area contributed by atoms with Crippen molar-refractivity contribution >= 4 is 11.8 Å². The van der Waals surface area contributed by atoms with E-state index in [-0.39, 0.29) is 0 Å². The van der Waals surface area contributed by atoms with Gasteiger partial charge in [-0.15, -0.1) is 0 Å². The Balaban J connectivity index is 2.00. The molecule has 0 aromatic rings. The van der Waals surface area contributed by atoms with Gasteiger partial charge in [0, 0.05) is 10.8 Å². The van der Waals surface area contributed by atoms with E-state index in [9.17, 15) is 0 Å². The zero-order valence-corrected chi connectivity index (χ0v) is 7.27. The van der Waals surface area contributed by atoms with Gasteiger partial charge in [0.05, 0.1) is 0 Å². The van der Waals surface area contributed by atoms with Gasteiger partial charge in [-0.3, -0.25) is 0 Å². The van der Waals surface area contributed by atoms with Gasteiger partial charge >= 0.3 is 0 Å². The maximum atomic E-state index is 2.31. The lowest BCUT2D eigenvalue weighted by Crippen LogP contribution is -1.81. The standard InChI is InChI=1S/C10H10S/c1-2-5-11-10-4-3-8-6-9(8)7-10/h2-7,9H,1H3/b5-2+. The average molecular weight is 162 g/mol. The monoisotopic (exact) mass is 162 g/mol. The molecule has 0 aromatic carbocycles. The molecule has 0 radical (unpaired) electrons. The van der Waals surface area contributed by atoms with Crippen molar-refractivity contribution < 1.29 is 0 Å². The molecular formula is C10H10S. The topological polar surface area (TPSA) is 0 Å². The molecule has 56 valence electrons. The van der Waals surface area contributed by atoms with Crippen LogP contribution in [0.4, 0.5) is 0 Å². The number of fused-ring (bicyclic) bond motifs is 1. The number of allylic oxidation sites excluding steroid dienone is 6. The Hall–Kier alpha value is -0.690. The Morgan fingerprint density at radius 3 is 3.00 bits per heavy atom. The number of thioether (sulfide) groups is 1. The first kappa shape index (κ1) is 6.99. The van der Waals surface area contributed by atoms with E-state index in [2.05, 4.69) is 35.8 Å². The van der Waals surface area contributed by atoms with E-state index < -0.39 is 0 Å². The molecule has 2 rings (SSSR count). The van der Waals surface area contributed by atoms with E-state index in [1.54, 1.807) is 11.8 Å². The third kappa shape index (κ3) is 1.48. The van der Waals surface area contributed by atoms with Crippen molar-refractivity contribution in [3.63, 3.8) is 0 Å². The van der Waals surface area contributed by atoms with E-state index in [4.69, 9.17) is 0 Å². The minimum atomic E-state index is 0.674. The summed E-state index contributed by atoms with van der Waals surface area (Å²) in [5.74, 6) is 0.674. The van der Waals surface area contributed by atoms with Gasteiger partial charge in [-0.05, 0) is 24.0 Å². The Labute approximate surface area is 71.4 Å². The summed E-state index contributed by atoms with van der Waals surface area (Å²) in [7, 11) is 0. The first-order chi connectivity index (χ1) is 5.40. The highest BCUT2D eigenvalue weighted by molar-refractivity contribution is 8.06. The summed E-state index contributed by atoms with van der Waals surface area (Å²) in [6.07, 6.45) is 11.0. The van der Waals surface area contributed by atoms with Crippen LogP contribution in [-0.2, 0) is 0 Å². The summed E-state index contributed by atoms with van der Waals surface area (Å²) in [5.41, 5.74) is 1.48. The van der Waals surface area contributed by atoms with Crippen LogP contribution in [0.15, 0.2) is 46.3 Å². The minimum absolute atomic E-state index is 0.674. The molecule has 0 aliphatic heterocycles. The van der Waals surface area contributed by atoms with Crippen molar-refractivity contribution in [1.82, 2.24) is 0 Å². The molecule has 1 heteroatoms. The normalized spacial score (nSPS) is 26.5. The number of hydrogen-bond acceptors (Lipinski definition) is 1. The highest BCUT2D eigenvalue weighted by Gasteiger charge is 2.22. The van der Waals surface area contributed by atoms with Gasteiger partial charge in [0.1, 0.15) is 0 Å². The lowest BCUT2D eigenvalue weighted by atomic mass is 10.2. The van der Waals surface area contributed by atoms with Crippen LogP contribution in [0.1, 0.15) is 6.92 Å². The first-order valence-corrected chi connectivity index (χ1v) is 4.67. The third-order valence-corrected chi connectivity index (χ3v) is 2.72. The molecule has 0 spiro atoms. The fourth-order valence-electron chi connectivity index (χ4n) is 1.11. The second-order valence-electron chi connectivity index (χ2n) is 2.68. The molecule has 0 saturated heterocycles. The maximum Gasteiger partial charge on any atom is 0.0215 e. The van der Waals surface area contributed by atoms with E-state index in [0.29, 0.717) is 5.92 Å². The maximum absolute atomic E-state index is 2.31. The highest BCUT2D eigenvalue weighted by atomic mass is 32.2. The Bertz CT molecular complexity index is 279. The van der Waals surface area contributed by atoms with Crippen LogP contribution in [-0.4, -0.2) is 0 Å². The van der Waals surface area contributed by atoms with Crippen molar-refractivity contribution in [3.8, 4) is 0 Å². The summed E-state index contributed by atoms with van der Waals surface area (Å²) in [6, 6.07) is 0. The largest absolute Gasteiger partial charge is 0.0987 e. The average Bonchev–Trinajstić information content (AvgIpc) is 2.78. The highest BCUT2D eigenvalue weighted by Crippen LogP contribution is 2.38. The van der Waals surface area contributed by atoms with Crippen LogP contribution in [0.5, 0.6) is 0 Å². The van der Waals surface area contributed by atoms with Crippen molar-refractivity contribution in [1.29, 1.82) is 0 Å². The van der Waals surface area contributed by atoms with Crippen LogP contribution >= 0.6 is 11.8 Å². The van der Waals surface area contributed by atoms with Gasteiger partial charge in [0.25, 0.3) is 0 Å². The smallest absolute Gasteiger partial charge is 0.0215 e. The van der Waals surface area contributed by atoms with E-state index in [0.717, 1.165) is 0 Å². The molecular weight excluding hydrogens is 152 g/mol. The zero-order chi connectivity index (χ0) is 7.68. The summed E-state index contributed by atoms with van der Waals surface area (Å²) in [5, 5.41) is 2.11. The molecule has 1 unspecified atom stereocenters. The van der Waals surface area contributed by atoms with Crippen LogP contribution in [0, 0.1) is 5.92 Å². The van der Waals surface area contributed by atoms with Crippen LogP contribution in [0.2, 0.25) is 0 Å². The van der Waals surface area contributed by atoms with Crippen molar-refractivity contribution in [3.05, 3.63) is 46.3 Å². The summed E-state index contributed by atoms with van der Waals surface area (Å²) >= 11 is 1.79. The van der Waals surface area contributed by atoms with E-state index in [1.165, 1.54) is 10.5 Å². The van der Waals surface area contributed by atoms with Crippen molar-refractivity contribution in [2.75, 3.05) is 0 Å². The Morgan fingerprint density at radius 1 is 1.36 bits per heavy atom. The summed E-state index contributed by atoms with van der Waals surface area (Å²) < 4.78 is 0. The molecule has 2 aliphatic carbocycles. The molecule has 2 aliphatic rings. The van der Waals surface area contributed by atoms with Gasteiger partial charge in [-0.2, -0.15) is 0 Å². The Morgan fingerprint density at radius 2 is 2.27 bits per heavy atom. The second kappa shape index (κ2) is 2.74. The molecule has 0 aromatic heterocycles. The zero-order valence-electron chi connectivity index (χ0n) is 6.45. The van der Waals surface area contributed by atoms with Crippen molar-refractivity contribution in [2.24, 2.45) is 5.92 Å². The van der Waals surface area contributed by atoms with Crippen molar-refractivity contribution in [2.45, 2.75) is 6.92 Å². The molecule has 0 N–H and O–H groups in total.